The molecular weight excluding hydrogens is 305 g/mol. The first-order valence-corrected chi connectivity index (χ1v) is 6.33. The Morgan fingerprint density at radius 1 is 1.43 bits per heavy atom. The van der Waals surface area contributed by atoms with Gasteiger partial charge in [-0.1, -0.05) is 0 Å². The zero-order valence-electron chi connectivity index (χ0n) is 10.2. The molecule has 0 saturated heterocycles. The van der Waals surface area contributed by atoms with Gasteiger partial charge in [0.25, 0.3) is 5.91 Å². The van der Waals surface area contributed by atoms with Crippen molar-refractivity contribution in [2.75, 3.05) is 11.1 Å². The second-order valence-electron chi connectivity index (χ2n) is 3.90. The van der Waals surface area contributed by atoms with Crippen molar-refractivity contribution in [1.29, 1.82) is 5.26 Å². The predicted molar refractivity (Wildman–Crippen MR) is 70.6 cm³/mol. The number of nitrogens with two attached hydrogens (primary N) is 1. The summed E-state index contributed by atoms with van der Waals surface area (Å²) in [5, 5.41) is 12.2. The molecule has 21 heavy (non-hydrogen) atoms. The van der Waals surface area contributed by atoms with E-state index in [1.807, 2.05) is 0 Å². The van der Waals surface area contributed by atoms with Crippen LogP contribution in [0, 0.1) is 11.3 Å². The number of halogens is 3. The first-order valence-electron chi connectivity index (χ1n) is 5.45. The van der Waals surface area contributed by atoms with Crippen LogP contribution in [0.4, 0.5) is 24.0 Å². The van der Waals surface area contributed by atoms with E-state index in [1.165, 1.54) is 11.4 Å². The second kappa shape index (κ2) is 5.41. The van der Waals surface area contributed by atoms with Gasteiger partial charge in [0.1, 0.15) is 5.69 Å². The Kier molecular flexibility index (Phi) is 3.82. The molecule has 0 spiro atoms. The number of benzene rings is 1. The molecule has 0 unspecified atom stereocenters. The number of rotatable bonds is 2. The number of carbonyl (C=O) groups excluding carboxylic acids is 1. The van der Waals surface area contributed by atoms with E-state index in [4.69, 9.17) is 11.0 Å². The maximum Gasteiger partial charge on any atom is 0.418 e. The van der Waals surface area contributed by atoms with Gasteiger partial charge < -0.3 is 11.1 Å². The number of nitrogen functional groups attached to an aromatic ring is 1. The van der Waals surface area contributed by atoms with Crippen LogP contribution in [0.2, 0.25) is 0 Å². The number of carbonyl (C=O) groups is 1. The monoisotopic (exact) mass is 312 g/mol. The number of amides is 1. The molecule has 0 aliphatic rings. The lowest BCUT2D eigenvalue weighted by Crippen LogP contribution is -2.17. The maximum atomic E-state index is 12.9. The molecule has 0 radical (unpaired) electrons. The van der Waals surface area contributed by atoms with Crippen LogP contribution in [0.15, 0.2) is 23.6 Å². The normalized spacial score (nSPS) is 11.0. The molecule has 5 nitrogen and oxygen atoms in total. The summed E-state index contributed by atoms with van der Waals surface area (Å²) in [7, 11) is 0. The molecule has 9 heteroatoms. The molecule has 0 atom stereocenters. The molecule has 2 aromatic rings. The van der Waals surface area contributed by atoms with Crippen molar-refractivity contribution in [1.82, 2.24) is 4.98 Å². The molecule has 0 fully saturated rings. The van der Waals surface area contributed by atoms with Crippen LogP contribution in [0.25, 0.3) is 0 Å². The van der Waals surface area contributed by atoms with E-state index < -0.39 is 23.3 Å². The van der Waals surface area contributed by atoms with Crippen molar-refractivity contribution in [3.8, 4) is 6.07 Å². The molecule has 0 saturated carbocycles. The molecule has 1 amide bonds. The standard InChI is InChI=1S/C12H7F3N4OS/c13-12(14,15)7-3-6(4-16)1-2-8(7)18-10(20)9-5-21-11(17)19-9/h1-3,5H,(H2,17,19)(H,18,20). The number of aromatic nitrogens is 1. The lowest BCUT2D eigenvalue weighted by Gasteiger charge is -2.13. The third-order valence-corrected chi connectivity index (χ3v) is 3.13. The van der Waals surface area contributed by atoms with Crippen LogP contribution in [0.5, 0.6) is 0 Å². The Morgan fingerprint density at radius 3 is 2.67 bits per heavy atom. The predicted octanol–water partition coefficient (Wildman–Crippen LogP) is 2.87. The number of hydrogen-bond donors (Lipinski definition) is 2. The number of hydrogen-bond acceptors (Lipinski definition) is 5. The van der Waals surface area contributed by atoms with E-state index >= 15 is 0 Å². The summed E-state index contributed by atoms with van der Waals surface area (Å²) in [4.78, 5) is 15.5. The number of anilines is 2. The smallest absolute Gasteiger partial charge is 0.375 e. The van der Waals surface area contributed by atoms with Gasteiger partial charge in [0.2, 0.25) is 0 Å². The minimum absolute atomic E-state index is 0.0741. The number of nitrogens with one attached hydrogen (secondary N) is 1. The van der Waals surface area contributed by atoms with Crippen molar-refractivity contribution in [2.24, 2.45) is 0 Å². The van der Waals surface area contributed by atoms with Crippen molar-refractivity contribution >= 4 is 28.1 Å². The van der Waals surface area contributed by atoms with E-state index in [1.54, 1.807) is 6.07 Å². The topological polar surface area (TPSA) is 91.8 Å². The van der Waals surface area contributed by atoms with Gasteiger partial charge in [0.05, 0.1) is 22.9 Å². The summed E-state index contributed by atoms with van der Waals surface area (Å²) in [5.41, 5.74) is 3.58. The largest absolute Gasteiger partial charge is 0.418 e. The van der Waals surface area contributed by atoms with Crippen LogP contribution in [0.3, 0.4) is 0 Å². The molecule has 0 aliphatic carbocycles. The minimum Gasteiger partial charge on any atom is -0.375 e. The quantitative estimate of drug-likeness (QED) is 0.892. The van der Waals surface area contributed by atoms with Crippen LogP contribution in [-0.4, -0.2) is 10.9 Å². The van der Waals surface area contributed by atoms with Crippen molar-refractivity contribution in [3.05, 3.63) is 40.4 Å². The average molecular weight is 312 g/mol. The zero-order chi connectivity index (χ0) is 15.6. The molecule has 1 heterocycles. The highest BCUT2D eigenvalue weighted by molar-refractivity contribution is 7.13. The van der Waals surface area contributed by atoms with Crippen molar-refractivity contribution in [3.63, 3.8) is 0 Å². The van der Waals surface area contributed by atoms with Gasteiger partial charge in [0.15, 0.2) is 5.13 Å². The molecule has 2 rings (SSSR count). The van der Waals surface area contributed by atoms with Gasteiger partial charge in [0, 0.05) is 5.38 Å². The fourth-order valence-electron chi connectivity index (χ4n) is 1.54. The second-order valence-corrected chi connectivity index (χ2v) is 4.78. The fourth-order valence-corrected chi connectivity index (χ4v) is 2.08. The van der Waals surface area contributed by atoms with Gasteiger partial charge in [-0.05, 0) is 18.2 Å². The van der Waals surface area contributed by atoms with E-state index in [9.17, 15) is 18.0 Å². The van der Waals surface area contributed by atoms with Crippen molar-refractivity contribution < 1.29 is 18.0 Å². The van der Waals surface area contributed by atoms with Gasteiger partial charge in [-0.2, -0.15) is 18.4 Å². The molecule has 0 aliphatic heterocycles. The number of thiazole rings is 1. The maximum absolute atomic E-state index is 12.9. The van der Waals surface area contributed by atoms with E-state index in [2.05, 4.69) is 10.3 Å². The Labute approximate surface area is 120 Å². The number of nitriles is 1. The first kappa shape index (κ1) is 14.8. The molecule has 1 aromatic heterocycles. The lowest BCUT2D eigenvalue weighted by molar-refractivity contribution is -0.136. The highest BCUT2D eigenvalue weighted by Crippen LogP contribution is 2.35. The summed E-state index contributed by atoms with van der Waals surface area (Å²) < 4.78 is 38.8. The fraction of sp³-hybridized carbons (Fsp3) is 0.0833. The molecule has 108 valence electrons. The van der Waals surface area contributed by atoms with Crippen LogP contribution < -0.4 is 11.1 Å². The summed E-state index contributed by atoms with van der Waals surface area (Å²) >= 11 is 1.000. The van der Waals surface area contributed by atoms with Gasteiger partial charge in [-0.15, -0.1) is 11.3 Å². The van der Waals surface area contributed by atoms with Crippen LogP contribution in [0.1, 0.15) is 21.6 Å². The number of alkyl halides is 3. The van der Waals surface area contributed by atoms with Crippen LogP contribution in [-0.2, 0) is 6.18 Å². The summed E-state index contributed by atoms with van der Waals surface area (Å²) in [6.45, 7) is 0. The average Bonchev–Trinajstić information content (AvgIpc) is 2.84. The lowest BCUT2D eigenvalue weighted by atomic mass is 10.1. The third kappa shape index (κ3) is 3.29. The Bertz CT molecular complexity index is 733. The highest BCUT2D eigenvalue weighted by Gasteiger charge is 2.34. The van der Waals surface area contributed by atoms with Crippen LogP contribution >= 0.6 is 11.3 Å². The molecular formula is C12H7F3N4OS. The summed E-state index contributed by atoms with van der Waals surface area (Å²) in [6, 6.07) is 4.49. The van der Waals surface area contributed by atoms with Gasteiger partial charge in [-0.25, -0.2) is 4.98 Å². The number of nitrogens with zero attached hydrogens (tertiary/aromatic N) is 2. The minimum atomic E-state index is -4.70. The SMILES string of the molecule is N#Cc1ccc(NC(=O)c2csc(N)n2)c(C(F)(F)F)c1. The molecule has 0 bridgehead atoms. The van der Waals surface area contributed by atoms with E-state index in [-0.39, 0.29) is 16.4 Å². The molecule has 3 N–H and O–H groups in total. The Balaban J connectivity index is 2.36. The van der Waals surface area contributed by atoms with E-state index in [0.717, 1.165) is 17.4 Å². The van der Waals surface area contributed by atoms with Gasteiger partial charge >= 0.3 is 6.18 Å². The third-order valence-electron chi connectivity index (χ3n) is 2.46. The van der Waals surface area contributed by atoms with Crippen molar-refractivity contribution in [2.45, 2.75) is 6.18 Å². The van der Waals surface area contributed by atoms with E-state index in [0.29, 0.717) is 6.07 Å². The first-order chi connectivity index (χ1) is 9.81. The Hall–Kier alpha value is -2.60. The Morgan fingerprint density at radius 2 is 2.14 bits per heavy atom. The molecule has 1 aromatic carbocycles. The summed E-state index contributed by atoms with van der Waals surface area (Å²) in [5.74, 6) is -0.807. The zero-order valence-corrected chi connectivity index (χ0v) is 11.0. The summed E-state index contributed by atoms with van der Waals surface area (Å²) in [6.07, 6.45) is -4.70. The van der Waals surface area contributed by atoms with Gasteiger partial charge in [-0.3, -0.25) is 4.79 Å². The highest BCUT2D eigenvalue weighted by atomic mass is 32.1.